The van der Waals surface area contributed by atoms with Crippen LogP contribution in [0.5, 0.6) is 0 Å². The van der Waals surface area contributed by atoms with Gasteiger partial charge in [-0.2, -0.15) is 13.2 Å². The number of amides is 1. The van der Waals surface area contributed by atoms with Crippen LogP contribution < -0.4 is 0 Å². The lowest BCUT2D eigenvalue weighted by Gasteiger charge is -2.24. The highest BCUT2D eigenvalue weighted by Gasteiger charge is 2.35. The number of alkyl halides is 3. The van der Waals surface area contributed by atoms with Crippen molar-refractivity contribution in [2.45, 2.75) is 17.6 Å². The Kier molecular flexibility index (Phi) is 6.48. The zero-order chi connectivity index (χ0) is 20.2. The van der Waals surface area contributed by atoms with E-state index in [1.165, 1.54) is 12.1 Å². The van der Waals surface area contributed by atoms with Crippen molar-refractivity contribution >= 4 is 27.3 Å². The first-order valence-corrected chi connectivity index (χ1v) is 9.57. The fourth-order valence-electron chi connectivity index (χ4n) is 2.30. The molecule has 27 heavy (non-hydrogen) atoms. The van der Waals surface area contributed by atoms with Crippen molar-refractivity contribution in [2.75, 3.05) is 12.3 Å². The van der Waals surface area contributed by atoms with Gasteiger partial charge in [-0.3, -0.25) is 4.79 Å². The number of sulfone groups is 1. The molecule has 0 atom stereocenters. The zero-order valence-electron chi connectivity index (χ0n) is 13.7. The normalized spacial score (nSPS) is 12.0. The molecule has 1 amide bonds. The van der Waals surface area contributed by atoms with E-state index in [0.29, 0.717) is 10.5 Å². The number of benzene rings is 2. The number of carbonyl (C=O) groups is 1. The van der Waals surface area contributed by atoms with Crippen LogP contribution in [0.4, 0.5) is 17.6 Å². The van der Waals surface area contributed by atoms with Gasteiger partial charge >= 0.3 is 6.18 Å². The fourth-order valence-corrected chi connectivity index (χ4v) is 3.87. The second-order valence-corrected chi connectivity index (χ2v) is 8.08. The molecule has 0 aliphatic heterocycles. The third-order valence-electron chi connectivity index (χ3n) is 3.48. The lowest BCUT2D eigenvalue weighted by molar-refractivity contribution is -0.160. The molecule has 0 saturated heterocycles. The van der Waals surface area contributed by atoms with Gasteiger partial charge in [0.05, 0.1) is 0 Å². The summed E-state index contributed by atoms with van der Waals surface area (Å²) in [5.74, 6) is -3.75. The first-order chi connectivity index (χ1) is 12.5. The van der Waals surface area contributed by atoms with Crippen molar-refractivity contribution in [1.29, 1.82) is 0 Å². The molecule has 2 rings (SSSR count). The van der Waals surface area contributed by atoms with Gasteiger partial charge in [0.2, 0.25) is 5.91 Å². The Balaban J connectivity index is 2.27. The van der Waals surface area contributed by atoms with E-state index in [1.54, 1.807) is 18.2 Å². The molecule has 0 fully saturated rings. The maximum absolute atomic E-state index is 13.8. The molecular weight excluding hydrogens is 410 g/mol. The lowest BCUT2D eigenvalue weighted by Crippen LogP contribution is -2.41. The Morgan fingerprint density at radius 1 is 1.07 bits per heavy atom. The summed E-state index contributed by atoms with van der Waals surface area (Å²) >= 11 is 5.64. The number of hydrogen-bond acceptors (Lipinski definition) is 3. The van der Waals surface area contributed by atoms with Crippen LogP contribution in [0.25, 0.3) is 0 Å². The van der Waals surface area contributed by atoms with E-state index in [-0.39, 0.29) is 5.02 Å². The monoisotopic (exact) mass is 423 g/mol. The van der Waals surface area contributed by atoms with Crippen LogP contribution in [0.2, 0.25) is 5.02 Å². The third-order valence-corrected chi connectivity index (χ3v) is 5.33. The first kappa shape index (κ1) is 21.2. The number of hydrogen-bond donors (Lipinski definition) is 0. The maximum atomic E-state index is 13.8. The molecule has 0 heterocycles. The van der Waals surface area contributed by atoms with E-state index in [2.05, 4.69) is 0 Å². The van der Waals surface area contributed by atoms with Gasteiger partial charge in [0.15, 0.2) is 9.84 Å². The Bertz CT molecular complexity index is 918. The van der Waals surface area contributed by atoms with Crippen LogP contribution >= 0.6 is 11.6 Å². The highest BCUT2D eigenvalue weighted by atomic mass is 35.5. The molecule has 2 aromatic carbocycles. The highest BCUT2D eigenvalue weighted by molar-refractivity contribution is 7.92. The molecule has 146 valence electrons. The first-order valence-electron chi connectivity index (χ1n) is 7.54. The molecule has 0 aliphatic carbocycles. The molecule has 0 N–H and O–H groups in total. The summed E-state index contributed by atoms with van der Waals surface area (Å²) in [7, 11) is -4.52. The smallest absolute Gasteiger partial charge is 0.328 e. The van der Waals surface area contributed by atoms with E-state index in [0.717, 1.165) is 18.2 Å². The molecule has 0 aromatic heterocycles. The second-order valence-electron chi connectivity index (χ2n) is 5.68. The van der Waals surface area contributed by atoms with Gasteiger partial charge in [-0.15, -0.1) is 0 Å². The SMILES string of the molecule is O=C(CS(=O)(=O)c1cc(Cl)ccc1F)N(Cc1ccccc1)CC(F)(F)F. The Morgan fingerprint density at radius 2 is 1.70 bits per heavy atom. The topological polar surface area (TPSA) is 54.5 Å². The van der Waals surface area contributed by atoms with Crippen molar-refractivity contribution < 1.29 is 30.8 Å². The molecule has 0 saturated carbocycles. The largest absolute Gasteiger partial charge is 0.406 e. The molecular formula is C17H14ClF4NO3S. The fraction of sp³-hybridized carbons (Fsp3) is 0.235. The van der Waals surface area contributed by atoms with Crippen molar-refractivity contribution in [2.24, 2.45) is 0 Å². The van der Waals surface area contributed by atoms with Crippen LogP contribution in [-0.2, 0) is 21.2 Å². The van der Waals surface area contributed by atoms with Gasteiger partial charge in [-0.1, -0.05) is 41.9 Å². The summed E-state index contributed by atoms with van der Waals surface area (Å²) in [4.78, 5) is 11.8. The van der Waals surface area contributed by atoms with Gasteiger partial charge in [-0.25, -0.2) is 12.8 Å². The van der Waals surface area contributed by atoms with Crippen LogP contribution in [0, 0.1) is 5.82 Å². The van der Waals surface area contributed by atoms with E-state index >= 15 is 0 Å². The summed E-state index contributed by atoms with van der Waals surface area (Å²) in [5.41, 5.74) is 0.390. The van der Waals surface area contributed by atoms with E-state index < -0.39 is 51.5 Å². The van der Waals surface area contributed by atoms with Gasteiger partial charge in [0.1, 0.15) is 23.0 Å². The molecule has 0 aliphatic rings. The summed E-state index contributed by atoms with van der Waals surface area (Å²) < 4.78 is 76.9. The standard InChI is InChI=1S/C17H14ClF4NO3S/c18-13-6-7-14(19)15(8-13)27(25,26)10-16(24)23(11-17(20,21)22)9-12-4-2-1-3-5-12/h1-8H,9-11H2. The average Bonchev–Trinajstić information content (AvgIpc) is 2.55. The summed E-state index contributed by atoms with van der Waals surface area (Å²) in [5, 5.41) is -0.0844. The minimum absolute atomic E-state index is 0.0844. The number of halogens is 5. The Labute approximate surface area is 158 Å². The number of nitrogens with zero attached hydrogens (tertiary/aromatic N) is 1. The Hall–Kier alpha value is -2.13. The maximum Gasteiger partial charge on any atom is 0.406 e. The van der Waals surface area contributed by atoms with E-state index in [1.807, 2.05) is 0 Å². The van der Waals surface area contributed by atoms with Gasteiger partial charge in [0.25, 0.3) is 0 Å². The molecule has 4 nitrogen and oxygen atoms in total. The van der Waals surface area contributed by atoms with E-state index in [4.69, 9.17) is 11.6 Å². The third kappa shape index (κ3) is 6.21. The zero-order valence-corrected chi connectivity index (χ0v) is 15.3. The van der Waals surface area contributed by atoms with Gasteiger partial charge in [-0.05, 0) is 23.8 Å². The molecule has 2 aromatic rings. The van der Waals surface area contributed by atoms with Gasteiger partial charge < -0.3 is 4.90 Å². The van der Waals surface area contributed by atoms with Crippen LogP contribution in [0.1, 0.15) is 5.56 Å². The van der Waals surface area contributed by atoms with Crippen molar-refractivity contribution in [1.82, 2.24) is 4.90 Å². The predicted octanol–water partition coefficient (Wildman–Crippen LogP) is 3.84. The van der Waals surface area contributed by atoms with Crippen LogP contribution in [0.3, 0.4) is 0 Å². The van der Waals surface area contributed by atoms with Crippen molar-refractivity contribution in [3.63, 3.8) is 0 Å². The minimum Gasteiger partial charge on any atom is -0.328 e. The van der Waals surface area contributed by atoms with Gasteiger partial charge in [0, 0.05) is 11.6 Å². The Morgan fingerprint density at radius 3 is 2.30 bits per heavy atom. The summed E-state index contributed by atoms with van der Waals surface area (Å²) in [6.45, 7) is -2.07. The molecule has 0 unspecified atom stereocenters. The predicted molar refractivity (Wildman–Crippen MR) is 91.4 cm³/mol. The van der Waals surface area contributed by atoms with Crippen LogP contribution in [-0.4, -0.2) is 37.7 Å². The van der Waals surface area contributed by atoms with Crippen molar-refractivity contribution in [3.05, 3.63) is 64.9 Å². The average molecular weight is 424 g/mol. The number of rotatable bonds is 6. The lowest BCUT2D eigenvalue weighted by atomic mass is 10.2. The van der Waals surface area contributed by atoms with E-state index in [9.17, 15) is 30.8 Å². The summed E-state index contributed by atoms with van der Waals surface area (Å²) in [6, 6.07) is 10.5. The molecule has 0 radical (unpaired) electrons. The minimum atomic E-state index is -4.73. The number of carbonyl (C=O) groups excluding carboxylic acids is 1. The molecule has 0 bridgehead atoms. The van der Waals surface area contributed by atoms with Crippen LogP contribution in [0.15, 0.2) is 53.4 Å². The quantitative estimate of drug-likeness (QED) is 0.663. The van der Waals surface area contributed by atoms with Crippen molar-refractivity contribution in [3.8, 4) is 0 Å². The molecule has 0 spiro atoms. The summed E-state index contributed by atoms with van der Waals surface area (Å²) in [6.07, 6.45) is -4.73. The highest BCUT2D eigenvalue weighted by Crippen LogP contribution is 2.23. The second kappa shape index (κ2) is 8.26. The molecule has 10 heteroatoms.